The number of rotatable bonds is 4. The van der Waals surface area contributed by atoms with Gasteiger partial charge in [-0.1, -0.05) is 6.92 Å². The molecule has 1 unspecified atom stereocenters. The van der Waals surface area contributed by atoms with Crippen molar-refractivity contribution < 1.29 is 0 Å². The number of pyridine rings is 1. The lowest BCUT2D eigenvalue weighted by molar-refractivity contribution is 0.394. The van der Waals surface area contributed by atoms with E-state index in [0.29, 0.717) is 5.92 Å². The molecule has 0 amide bonds. The number of hydrogen-bond donors (Lipinski definition) is 1. The summed E-state index contributed by atoms with van der Waals surface area (Å²) in [7, 11) is 0. The number of piperidine rings is 1. The third kappa shape index (κ3) is 2.88. The Hall–Kier alpha value is -1.75. The molecule has 5 nitrogen and oxygen atoms in total. The van der Waals surface area contributed by atoms with Gasteiger partial charge in [-0.2, -0.15) is 0 Å². The van der Waals surface area contributed by atoms with Gasteiger partial charge in [0.15, 0.2) is 5.65 Å². The second-order valence-electron chi connectivity index (χ2n) is 5.33. The molecule has 0 spiro atoms. The predicted octanol–water partition coefficient (Wildman–Crippen LogP) is 1.85. The summed E-state index contributed by atoms with van der Waals surface area (Å²) in [5.74, 6) is 1.74. The molecular weight excluding hydrogens is 250 g/mol. The van der Waals surface area contributed by atoms with E-state index in [4.69, 9.17) is 0 Å². The molecule has 1 atom stereocenters. The van der Waals surface area contributed by atoms with Crippen LogP contribution in [0.2, 0.25) is 0 Å². The molecule has 1 saturated heterocycles. The molecule has 1 aliphatic rings. The van der Waals surface area contributed by atoms with E-state index < -0.39 is 0 Å². The highest BCUT2D eigenvalue weighted by Gasteiger charge is 2.20. The van der Waals surface area contributed by atoms with Crippen LogP contribution in [-0.2, 0) is 0 Å². The Morgan fingerprint density at radius 1 is 1.30 bits per heavy atom. The lowest BCUT2D eigenvalue weighted by Crippen LogP contribution is -2.40. The summed E-state index contributed by atoms with van der Waals surface area (Å²) in [6.07, 6.45) is 5.94. The van der Waals surface area contributed by atoms with E-state index in [1.165, 1.54) is 12.8 Å². The third-order valence-electron chi connectivity index (χ3n) is 3.84. The quantitative estimate of drug-likeness (QED) is 0.919. The fourth-order valence-corrected chi connectivity index (χ4v) is 2.81. The molecule has 1 fully saturated rings. The summed E-state index contributed by atoms with van der Waals surface area (Å²) in [6.45, 7) is 6.46. The van der Waals surface area contributed by atoms with Gasteiger partial charge in [-0.3, -0.25) is 4.98 Å². The highest BCUT2D eigenvalue weighted by molar-refractivity contribution is 5.71. The third-order valence-corrected chi connectivity index (χ3v) is 3.84. The monoisotopic (exact) mass is 271 g/mol. The summed E-state index contributed by atoms with van der Waals surface area (Å²) >= 11 is 0. The molecule has 3 heterocycles. The number of nitrogens with one attached hydrogen (secondary N) is 1. The lowest BCUT2D eigenvalue weighted by atomic mass is 9.98. The van der Waals surface area contributed by atoms with Crippen LogP contribution in [-0.4, -0.2) is 41.1 Å². The van der Waals surface area contributed by atoms with Gasteiger partial charge in [-0.05, 0) is 44.0 Å². The standard InChI is InChI=1S/C15H21N5/c1-2-16-10-12-4-3-9-20(11-12)14-6-5-13-15(19-14)18-8-7-17-13/h5-8,12,16H,2-4,9-11H2,1H3. The molecule has 3 rings (SSSR count). The summed E-state index contributed by atoms with van der Waals surface area (Å²) in [5.41, 5.74) is 1.59. The molecule has 0 aromatic carbocycles. The molecule has 2 aromatic rings. The van der Waals surface area contributed by atoms with Crippen molar-refractivity contribution in [3.63, 3.8) is 0 Å². The van der Waals surface area contributed by atoms with Crippen LogP contribution in [0.25, 0.3) is 11.2 Å². The van der Waals surface area contributed by atoms with Crippen LogP contribution in [0.1, 0.15) is 19.8 Å². The average molecular weight is 271 g/mol. The van der Waals surface area contributed by atoms with Gasteiger partial charge < -0.3 is 10.2 Å². The van der Waals surface area contributed by atoms with E-state index in [2.05, 4.69) is 38.2 Å². The summed E-state index contributed by atoms with van der Waals surface area (Å²) in [4.78, 5) is 15.6. The smallest absolute Gasteiger partial charge is 0.180 e. The van der Waals surface area contributed by atoms with Crippen LogP contribution >= 0.6 is 0 Å². The summed E-state index contributed by atoms with van der Waals surface area (Å²) in [5, 5.41) is 3.45. The second kappa shape index (κ2) is 6.13. The van der Waals surface area contributed by atoms with Crippen LogP contribution in [0, 0.1) is 5.92 Å². The lowest BCUT2D eigenvalue weighted by Gasteiger charge is -2.33. The Labute approximate surface area is 119 Å². The molecular formula is C15H21N5. The number of hydrogen-bond acceptors (Lipinski definition) is 5. The van der Waals surface area contributed by atoms with Crippen molar-refractivity contribution in [3.05, 3.63) is 24.5 Å². The zero-order valence-electron chi connectivity index (χ0n) is 11.9. The van der Waals surface area contributed by atoms with Gasteiger partial charge in [0.25, 0.3) is 0 Å². The van der Waals surface area contributed by atoms with Gasteiger partial charge in [-0.25, -0.2) is 9.97 Å². The highest BCUT2D eigenvalue weighted by atomic mass is 15.2. The van der Waals surface area contributed by atoms with Crippen LogP contribution in [0.3, 0.4) is 0 Å². The van der Waals surface area contributed by atoms with E-state index in [1.54, 1.807) is 12.4 Å². The molecule has 106 valence electrons. The maximum atomic E-state index is 4.65. The number of aromatic nitrogens is 3. The molecule has 20 heavy (non-hydrogen) atoms. The average Bonchev–Trinajstić information content (AvgIpc) is 2.53. The van der Waals surface area contributed by atoms with Crippen LogP contribution < -0.4 is 10.2 Å². The van der Waals surface area contributed by atoms with E-state index in [1.807, 2.05) is 6.07 Å². The minimum absolute atomic E-state index is 0.711. The molecule has 1 N–H and O–H groups in total. The minimum atomic E-state index is 0.711. The molecule has 0 saturated carbocycles. The van der Waals surface area contributed by atoms with Gasteiger partial charge >= 0.3 is 0 Å². The Bertz CT molecular complexity index is 571. The van der Waals surface area contributed by atoms with E-state index >= 15 is 0 Å². The van der Waals surface area contributed by atoms with Gasteiger partial charge in [0, 0.05) is 25.5 Å². The normalized spacial score (nSPS) is 19.4. The first-order valence-electron chi connectivity index (χ1n) is 7.40. The Balaban J connectivity index is 1.76. The van der Waals surface area contributed by atoms with Gasteiger partial charge in [0.05, 0.1) is 0 Å². The predicted molar refractivity (Wildman–Crippen MR) is 80.8 cm³/mol. The molecule has 1 aliphatic heterocycles. The van der Waals surface area contributed by atoms with Gasteiger partial charge in [-0.15, -0.1) is 0 Å². The van der Waals surface area contributed by atoms with Crippen molar-refractivity contribution in [1.29, 1.82) is 0 Å². The number of nitrogens with zero attached hydrogens (tertiary/aromatic N) is 4. The fraction of sp³-hybridized carbons (Fsp3) is 0.533. The number of fused-ring (bicyclic) bond motifs is 1. The van der Waals surface area contributed by atoms with Crippen LogP contribution in [0.5, 0.6) is 0 Å². The van der Waals surface area contributed by atoms with Crippen molar-refractivity contribution in [3.8, 4) is 0 Å². The molecule has 5 heteroatoms. The minimum Gasteiger partial charge on any atom is -0.356 e. The first-order chi connectivity index (χ1) is 9.86. The second-order valence-corrected chi connectivity index (χ2v) is 5.33. The van der Waals surface area contributed by atoms with Crippen LogP contribution in [0.15, 0.2) is 24.5 Å². The first-order valence-corrected chi connectivity index (χ1v) is 7.40. The summed E-state index contributed by atoms with van der Waals surface area (Å²) in [6, 6.07) is 4.07. The topological polar surface area (TPSA) is 53.9 Å². The Morgan fingerprint density at radius 2 is 2.20 bits per heavy atom. The zero-order chi connectivity index (χ0) is 13.8. The Morgan fingerprint density at radius 3 is 3.10 bits per heavy atom. The van der Waals surface area contributed by atoms with Crippen molar-refractivity contribution in [2.24, 2.45) is 5.92 Å². The van der Waals surface area contributed by atoms with Crippen molar-refractivity contribution in [2.45, 2.75) is 19.8 Å². The molecule has 0 bridgehead atoms. The maximum absolute atomic E-state index is 4.65. The molecule has 0 aliphatic carbocycles. The van der Waals surface area contributed by atoms with Crippen molar-refractivity contribution >= 4 is 17.0 Å². The zero-order valence-corrected chi connectivity index (χ0v) is 11.9. The van der Waals surface area contributed by atoms with Crippen molar-refractivity contribution in [1.82, 2.24) is 20.3 Å². The largest absolute Gasteiger partial charge is 0.356 e. The maximum Gasteiger partial charge on any atom is 0.180 e. The van der Waals surface area contributed by atoms with Crippen LogP contribution in [0.4, 0.5) is 5.82 Å². The molecule has 0 radical (unpaired) electrons. The SMILES string of the molecule is CCNCC1CCCN(c2ccc3nccnc3n2)C1. The first kappa shape index (κ1) is 13.2. The summed E-state index contributed by atoms with van der Waals surface area (Å²) < 4.78 is 0. The highest BCUT2D eigenvalue weighted by Crippen LogP contribution is 2.22. The Kier molecular flexibility index (Phi) is 4.06. The van der Waals surface area contributed by atoms with E-state index in [9.17, 15) is 0 Å². The van der Waals surface area contributed by atoms with E-state index in [-0.39, 0.29) is 0 Å². The fourth-order valence-electron chi connectivity index (χ4n) is 2.81. The van der Waals surface area contributed by atoms with Gasteiger partial charge in [0.2, 0.25) is 0 Å². The van der Waals surface area contributed by atoms with Gasteiger partial charge in [0.1, 0.15) is 11.3 Å². The van der Waals surface area contributed by atoms with E-state index in [0.717, 1.165) is 43.2 Å². The number of anilines is 1. The molecule has 2 aromatic heterocycles. The van der Waals surface area contributed by atoms with Crippen molar-refractivity contribution in [2.75, 3.05) is 31.1 Å².